The van der Waals surface area contributed by atoms with Crippen molar-refractivity contribution in [3.8, 4) is 0 Å². The Balaban J connectivity index is 2.63. The van der Waals surface area contributed by atoms with Gasteiger partial charge in [-0.15, -0.1) is 12.6 Å². The fraction of sp³-hybridized carbons (Fsp3) is 1.00. The maximum Gasteiger partial charge on any atom is 0.129 e. The van der Waals surface area contributed by atoms with Crippen molar-refractivity contribution in [2.75, 3.05) is 0 Å². The lowest BCUT2D eigenvalue weighted by atomic mass is 10.0. The molecular weight excluding hydrogens is 168 g/mol. The Bertz CT molecular complexity index is 129. The second kappa shape index (κ2) is 3.28. The Hall–Kier alpha value is 0.190. The van der Waals surface area contributed by atoms with Crippen molar-refractivity contribution >= 4 is 12.6 Å². The molecule has 5 atom stereocenters. The zero-order chi connectivity index (χ0) is 8.59. The summed E-state index contributed by atoms with van der Waals surface area (Å²) in [4.78, 5) is 0. The minimum Gasteiger partial charge on any atom is -0.388 e. The molecule has 1 unspecified atom stereocenters. The summed E-state index contributed by atoms with van der Waals surface area (Å²) in [6.45, 7) is 1.61. The van der Waals surface area contributed by atoms with E-state index < -0.39 is 29.9 Å². The third-order valence-corrected chi connectivity index (χ3v) is 2.25. The summed E-state index contributed by atoms with van der Waals surface area (Å²) in [5.74, 6) is 0. The standard InChI is InChI=1S/C6H12O4S/c1-2-3(7)4(8)5(9)6(11)10-2/h2-9,11H,1H3/t2-,3-,4+,5+,6?/m1/s1. The van der Waals surface area contributed by atoms with Crippen LogP contribution in [0, 0.1) is 0 Å². The van der Waals surface area contributed by atoms with Crippen LogP contribution in [0.15, 0.2) is 0 Å². The van der Waals surface area contributed by atoms with E-state index in [2.05, 4.69) is 12.6 Å². The molecule has 5 heteroatoms. The smallest absolute Gasteiger partial charge is 0.129 e. The van der Waals surface area contributed by atoms with Crippen LogP contribution in [0.2, 0.25) is 0 Å². The van der Waals surface area contributed by atoms with E-state index in [1.54, 1.807) is 6.92 Å². The lowest BCUT2D eigenvalue weighted by Crippen LogP contribution is -2.54. The molecule has 0 aromatic carbocycles. The van der Waals surface area contributed by atoms with Crippen LogP contribution >= 0.6 is 12.6 Å². The molecule has 0 amide bonds. The fourth-order valence-corrected chi connectivity index (χ4v) is 1.40. The second-order valence-corrected chi connectivity index (χ2v) is 3.21. The summed E-state index contributed by atoms with van der Waals surface area (Å²) in [7, 11) is 0. The molecule has 0 spiro atoms. The van der Waals surface area contributed by atoms with E-state index in [0.29, 0.717) is 0 Å². The SMILES string of the molecule is C[C@H]1OC(S)[C@@H](O)[C@@H](O)[C@@H]1O. The van der Waals surface area contributed by atoms with Gasteiger partial charge in [-0.1, -0.05) is 0 Å². The monoisotopic (exact) mass is 180 g/mol. The van der Waals surface area contributed by atoms with Crippen molar-refractivity contribution in [3.05, 3.63) is 0 Å². The molecule has 11 heavy (non-hydrogen) atoms. The van der Waals surface area contributed by atoms with E-state index in [-0.39, 0.29) is 0 Å². The zero-order valence-corrected chi connectivity index (χ0v) is 6.98. The van der Waals surface area contributed by atoms with Gasteiger partial charge in [0.2, 0.25) is 0 Å². The van der Waals surface area contributed by atoms with Gasteiger partial charge in [0.05, 0.1) is 6.10 Å². The Morgan fingerprint density at radius 3 is 2.18 bits per heavy atom. The average molecular weight is 180 g/mol. The molecule has 1 fully saturated rings. The number of thiol groups is 1. The summed E-state index contributed by atoms with van der Waals surface area (Å²) in [5, 5.41) is 27.4. The molecule has 66 valence electrons. The van der Waals surface area contributed by atoms with Crippen molar-refractivity contribution in [2.24, 2.45) is 0 Å². The van der Waals surface area contributed by atoms with Gasteiger partial charge in [-0.25, -0.2) is 0 Å². The lowest BCUT2D eigenvalue weighted by molar-refractivity contribution is -0.191. The Labute approximate surface area is 70.2 Å². The number of hydrogen-bond donors (Lipinski definition) is 4. The van der Waals surface area contributed by atoms with E-state index in [4.69, 9.17) is 20.1 Å². The highest BCUT2D eigenvalue weighted by atomic mass is 32.1. The van der Waals surface area contributed by atoms with E-state index >= 15 is 0 Å². The van der Waals surface area contributed by atoms with E-state index in [9.17, 15) is 0 Å². The lowest BCUT2D eigenvalue weighted by Gasteiger charge is -2.37. The van der Waals surface area contributed by atoms with Crippen LogP contribution < -0.4 is 0 Å². The van der Waals surface area contributed by atoms with E-state index in [0.717, 1.165) is 0 Å². The zero-order valence-electron chi connectivity index (χ0n) is 6.08. The molecule has 1 aliphatic heterocycles. The normalized spacial score (nSPS) is 52.6. The second-order valence-electron chi connectivity index (χ2n) is 2.70. The molecule has 0 aromatic heterocycles. The first-order valence-corrected chi connectivity index (χ1v) is 3.93. The van der Waals surface area contributed by atoms with Gasteiger partial charge in [-0.05, 0) is 6.92 Å². The maximum absolute atomic E-state index is 9.17. The van der Waals surface area contributed by atoms with Crippen LogP contribution in [0.5, 0.6) is 0 Å². The van der Waals surface area contributed by atoms with Crippen LogP contribution in [0.25, 0.3) is 0 Å². The first-order valence-electron chi connectivity index (χ1n) is 3.41. The van der Waals surface area contributed by atoms with E-state index in [1.165, 1.54) is 0 Å². The van der Waals surface area contributed by atoms with Crippen LogP contribution in [-0.4, -0.2) is 45.2 Å². The molecule has 3 N–H and O–H groups in total. The van der Waals surface area contributed by atoms with Crippen LogP contribution in [0.4, 0.5) is 0 Å². The molecule has 1 rings (SSSR count). The number of hydrogen-bond acceptors (Lipinski definition) is 5. The molecule has 1 aliphatic rings. The van der Waals surface area contributed by atoms with Crippen molar-refractivity contribution in [1.29, 1.82) is 0 Å². The largest absolute Gasteiger partial charge is 0.388 e. The van der Waals surface area contributed by atoms with Crippen LogP contribution in [0.1, 0.15) is 6.92 Å². The molecule has 4 nitrogen and oxygen atoms in total. The predicted octanol–water partition coefficient (Wildman–Crippen LogP) is -1.26. The molecular formula is C6H12O4S. The van der Waals surface area contributed by atoms with Crippen LogP contribution in [0.3, 0.4) is 0 Å². The maximum atomic E-state index is 9.17. The van der Waals surface area contributed by atoms with Gasteiger partial charge in [0.15, 0.2) is 0 Å². The highest BCUT2D eigenvalue weighted by molar-refractivity contribution is 7.80. The van der Waals surface area contributed by atoms with Gasteiger partial charge in [0.25, 0.3) is 0 Å². The van der Waals surface area contributed by atoms with Crippen molar-refractivity contribution < 1.29 is 20.1 Å². The molecule has 0 bridgehead atoms. The quantitative estimate of drug-likeness (QED) is 0.351. The molecule has 0 aliphatic carbocycles. The van der Waals surface area contributed by atoms with Crippen molar-refractivity contribution in [1.82, 2.24) is 0 Å². The average Bonchev–Trinajstić information content (AvgIpc) is 1.97. The Kier molecular flexibility index (Phi) is 2.77. The van der Waals surface area contributed by atoms with E-state index in [1.807, 2.05) is 0 Å². The first kappa shape index (κ1) is 9.28. The van der Waals surface area contributed by atoms with Gasteiger partial charge in [-0.3, -0.25) is 0 Å². The molecule has 0 radical (unpaired) electrons. The number of rotatable bonds is 0. The number of aliphatic hydroxyl groups is 3. The number of ether oxygens (including phenoxy) is 1. The Morgan fingerprint density at radius 2 is 1.64 bits per heavy atom. The third-order valence-electron chi connectivity index (χ3n) is 1.83. The highest BCUT2D eigenvalue weighted by Crippen LogP contribution is 2.22. The number of aliphatic hydroxyl groups excluding tert-OH is 3. The summed E-state index contributed by atoms with van der Waals surface area (Å²) < 4.78 is 4.99. The first-order chi connectivity index (χ1) is 5.04. The summed E-state index contributed by atoms with van der Waals surface area (Å²) >= 11 is 3.87. The fourth-order valence-electron chi connectivity index (χ4n) is 1.03. The summed E-state index contributed by atoms with van der Waals surface area (Å²) in [5.41, 5.74) is -0.719. The van der Waals surface area contributed by atoms with Gasteiger partial charge in [-0.2, -0.15) is 0 Å². The molecule has 0 aromatic rings. The van der Waals surface area contributed by atoms with Gasteiger partial charge in [0.1, 0.15) is 23.7 Å². The van der Waals surface area contributed by atoms with Crippen molar-refractivity contribution in [3.63, 3.8) is 0 Å². The molecule has 0 saturated carbocycles. The minimum atomic E-state index is -1.17. The molecule has 1 saturated heterocycles. The highest BCUT2D eigenvalue weighted by Gasteiger charge is 2.39. The topological polar surface area (TPSA) is 69.9 Å². The van der Waals surface area contributed by atoms with Crippen molar-refractivity contribution in [2.45, 2.75) is 36.8 Å². The minimum absolute atomic E-state index is 0.490. The summed E-state index contributed by atoms with van der Waals surface area (Å²) in [6, 6.07) is 0. The molecule has 1 heterocycles. The predicted molar refractivity (Wildman–Crippen MR) is 41.3 cm³/mol. The Morgan fingerprint density at radius 1 is 1.09 bits per heavy atom. The van der Waals surface area contributed by atoms with Gasteiger partial charge < -0.3 is 20.1 Å². The van der Waals surface area contributed by atoms with Gasteiger partial charge in [0, 0.05) is 0 Å². The third kappa shape index (κ3) is 1.68. The van der Waals surface area contributed by atoms with Gasteiger partial charge >= 0.3 is 0 Å². The van der Waals surface area contributed by atoms with Crippen LogP contribution in [-0.2, 0) is 4.74 Å². The summed E-state index contributed by atoms with van der Waals surface area (Å²) in [6.07, 6.45) is -3.81.